The lowest BCUT2D eigenvalue weighted by molar-refractivity contribution is 0.513. The molecule has 1 unspecified atom stereocenters. The highest BCUT2D eigenvalue weighted by Gasteiger charge is 2.16. The van der Waals surface area contributed by atoms with Gasteiger partial charge in [0.2, 0.25) is 0 Å². The molecule has 2 rings (SSSR count). The zero-order chi connectivity index (χ0) is 14.4. The summed E-state index contributed by atoms with van der Waals surface area (Å²) in [7, 11) is 0. The van der Waals surface area contributed by atoms with Crippen molar-refractivity contribution in [2.75, 3.05) is 6.54 Å². The van der Waals surface area contributed by atoms with E-state index in [0.717, 1.165) is 18.5 Å². The van der Waals surface area contributed by atoms with Gasteiger partial charge in [0, 0.05) is 18.4 Å². The van der Waals surface area contributed by atoms with Crippen molar-refractivity contribution in [3.63, 3.8) is 0 Å². The zero-order valence-corrected chi connectivity index (χ0v) is 12.2. The number of benzene rings is 1. The molecule has 0 saturated carbocycles. The van der Waals surface area contributed by atoms with Crippen LogP contribution in [-0.2, 0) is 6.42 Å². The molecule has 0 aliphatic heterocycles. The van der Waals surface area contributed by atoms with Gasteiger partial charge < -0.3 is 5.32 Å². The van der Waals surface area contributed by atoms with Crippen molar-refractivity contribution < 1.29 is 4.39 Å². The molecule has 20 heavy (non-hydrogen) atoms. The third kappa shape index (κ3) is 3.78. The maximum absolute atomic E-state index is 13.8. The van der Waals surface area contributed by atoms with E-state index in [0.29, 0.717) is 17.0 Å². The molecule has 0 saturated heterocycles. The van der Waals surface area contributed by atoms with Crippen LogP contribution in [0.4, 0.5) is 4.39 Å². The van der Waals surface area contributed by atoms with E-state index < -0.39 is 0 Å². The first-order chi connectivity index (χ1) is 9.72. The minimum absolute atomic E-state index is 0.0117. The second-order valence-electron chi connectivity index (χ2n) is 4.70. The summed E-state index contributed by atoms with van der Waals surface area (Å²) < 4.78 is 13.8. The first-order valence-electron chi connectivity index (χ1n) is 6.78. The van der Waals surface area contributed by atoms with E-state index in [4.69, 9.17) is 11.6 Å². The molecule has 0 amide bonds. The Morgan fingerprint density at radius 3 is 2.80 bits per heavy atom. The van der Waals surface area contributed by atoms with E-state index in [-0.39, 0.29) is 11.9 Å². The summed E-state index contributed by atoms with van der Waals surface area (Å²) in [5.74, 6) is -0.180. The lowest BCUT2D eigenvalue weighted by atomic mass is 9.99. The molecule has 4 heteroatoms. The Hall–Kier alpha value is -1.45. The summed E-state index contributed by atoms with van der Waals surface area (Å²) in [6, 6.07) is 8.72. The van der Waals surface area contributed by atoms with Crippen molar-refractivity contribution >= 4 is 11.6 Å². The summed E-state index contributed by atoms with van der Waals surface area (Å²) in [5, 5.41) is 4.03. The summed E-state index contributed by atoms with van der Waals surface area (Å²) >= 11 is 6.21. The van der Waals surface area contributed by atoms with Crippen LogP contribution in [0.5, 0.6) is 0 Å². The van der Waals surface area contributed by atoms with Crippen LogP contribution in [0.15, 0.2) is 42.7 Å². The maximum Gasteiger partial charge on any atom is 0.126 e. The maximum atomic E-state index is 13.8. The topological polar surface area (TPSA) is 24.9 Å². The molecule has 0 fully saturated rings. The van der Waals surface area contributed by atoms with Crippen molar-refractivity contribution in [1.82, 2.24) is 10.3 Å². The average molecular weight is 293 g/mol. The number of hydrogen-bond acceptors (Lipinski definition) is 2. The van der Waals surface area contributed by atoms with Crippen LogP contribution in [0.1, 0.15) is 30.5 Å². The van der Waals surface area contributed by atoms with Crippen LogP contribution in [0.25, 0.3) is 0 Å². The molecular weight excluding hydrogens is 275 g/mol. The lowest BCUT2D eigenvalue weighted by Crippen LogP contribution is -2.24. The summed E-state index contributed by atoms with van der Waals surface area (Å²) in [6.45, 7) is 2.96. The number of nitrogens with one attached hydrogen (secondary N) is 1. The molecule has 1 N–H and O–H groups in total. The van der Waals surface area contributed by atoms with Crippen LogP contribution < -0.4 is 5.32 Å². The Labute approximate surface area is 124 Å². The van der Waals surface area contributed by atoms with Crippen molar-refractivity contribution in [1.29, 1.82) is 0 Å². The molecule has 2 aromatic rings. The van der Waals surface area contributed by atoms with E-state index in [1.807, 2.05) is 18.2 Å². The van der Waals surface area contributed by atoms with Crippen LogP contribution in [-0.4, -0.2) is 11.5 Å². The van der Waals surface area contributed by atoms with Gasteiger partial charge in [-0.2, -0.15) is 0 Å². The van der Waals surface area contributed by atoms with Gasteiger partial charge in [-0.25, -0.2) is 4.39 Å². The molecule has 1 aromatic heterocycles. The van der Waals surface area contributed by atoms with E-state index >= 15 is 0 Å². The van der Waals surface area contributed by atoms with E-state index in [1.54, 1.807) is 18.5 Å². The highest BCUT2D eigenvalue weighted by molar-refractivity contribution is 6.31. The summed E-state index contributed by atoms with van der Waals surface area (Å²) in [6.07, 6.45) is 4.91. The second kappa shape index (κ2) is 7.36. The molecule has 1 heterocycles. The van der Waals surface area contributed by atoms with Gasteiger partial charge in [-0.05, 0) is 42.6 Å². The minimum atomic E-state index is -0.180. The van der Waals surface area contributed by atoms with Crippen molar-refractivity contribution in [2.24, 2.45) is 0 Å². The van der Waals surface area contributed by atoms with E-state index in [2.05, 4.69) is 17.2 Å². The van der Waals surface area contributed by atoms with Gasteiger partial charge in [0.25, 0.3) is 0 Å². The summed E-state index contributed by atoms with van der Waals surface area (Å²) in [5.41, 5.74) is 1.65. The molecule has 0 spiro atoms. The minimum Gasteiger partial charge on any atom is -0.310 e. The number of halogens is 2. The van der Waals surface area contributed by atoms with Crippen LogP contribution in [0.2, 0.25) is 5.02 Å². The van der Waals surface area contributed by atoms with E-state index in [1.165, 1.54) is 6.07 Å². The number of rotatable bonds is 6. The lowest BCUT2D eigenvalue weighted by Gasteiger charge is -2.20. The first-order valence-corrected chi connectivity index (χ1v) is 7.16. The second-order valence-corrected chi connectivity index (χ2v) is 5.11. The van der Waals surface area contributed by atoms with Crippen molar-refractivity contribution in [3.05, 3.63) is 64.7 Å². The predicted octanol–water partition coefficient (Wildman–Crippen LogP) is 4.16. The van der Waals surface area contributed by atoms with Crippen molar-refractivity contribution in [2.45, 2.75) is 25.8 Å². The molecule has 2 nitrogen and oxygen atoms in total. The quantitative estimate of drug-likeness (QED) is 0.865. The monoisotopic (exact) mass is 292 g/mol. The van der Waals surface area contributed by atoms with Crippen LogP contribution in [0, 0.1) is 5.82 Å². The van der Waals surface area contributed by atoms with Gasteiger partial charge in [0.15, 0.2) is 0 Å². The Bertz CT molecular complexity index is 560. The van der Waals surface area contributed by atoms with Gasteiger partial charge in [0.1, 0.15) is 5.82 Å². The molecule has 0 aliphatic carbocycles. The SMILES string of the molecule is CCCNC(Cc1ccccc1F)c1ccncc1Cl. The van der Waals surface area contributed by atoms with Gasteiger partial charge in [-0.15, -0.1) is 0 Å². The number of aromatic nitrogens is 1. The molecule has 0 bridgehead atoms. The number of nitrogens with zero attached hydrogens (tertiary/aromatic N) is 1. The highest BCUT2D eigenvalue weighted by atomic mass is 35.5. The zero-order valence-electron chi connectivity index (χ0n) is 11.4. The Balaban J connectivity index is 2.24. The predicted molar refractivity (Wildman–Crippen MR) is 80.4 cm³/mol. The molecule has 1 atom stereocenters. The molecule has 1 aromatic carbocycles. The normalized spacial score (nSPS) is 12.3. The van der Waals surface area contributed by atoms with Crippen LogP contribution in [0.3, 0.4) is 0 Å². The fraction of sp³-hybridized carbons (Fsp3) is 0.312. The Morgan fingerprint density at radius 2 is 2.10 bits per heavy atom. The van der Waals surface area contributed by atoms with Gasteiger partial charge in [-0.3, -0.25) is 4.98 Å². The standard InChI is InChI=1S/C16H18ClFN2/c1-2-8-20-16(13-7-9-19-11-14(13)17)10-12-5-3-4-6-15(12)18/h3-7,9,11,16,20H,2,8,10H2,1H3. The van der Waals surface area contributed by atoms with Gasteiger partial charge >= 0.3 is 0 Å². The van der Waals surface area contributed by atoms with Gasteiger partial charge in [-0.1, -0.05) is 36.7 Å². The molecule has 0 radical (unpaired) electrons. The molecular formula is C16H18ClFN2. The van der Waals surface area contributed by atoms with Crippen LogP contribution >= 0.6 is 11.6 Å². The molecule has 0 aliphatic rings. The van der Waals surface area contributed by atoms with E-state index in [9.17, 15) is 4.39 Å². The summed E-state index contributed by atoms with van der Waals surface area (Å²) in [4.78, 5) is 4.00. The third-order valence-electron chi connectivity index (χ3n) is 3.20. The average Bonchev–Trinajstić information content (AvgIpc) is 2.46. The molecule has 106 valence electrons. The number of pyridine rings is 1. The first kappa shape index (κ1) is 14.9. The number of hydrogen-bond donors (Lipinski definition) is 1. The van der Waals surface area contributed by atoms with Crippen molar-refractivity contribution in [3.8, 4) is 0 Å². The van der Waals surface area contributed by atoms with Gasteiger partial charge in [0.05, 0.1) is 5.02 Å². The third-order valence-corrected chi connectivity index (χ3v) is 3.52. The smallest absolute Gasteiger partial charge is 0.126 e. The fourth-order valence-corrected chi connectivity index (χ4v) is 2.41. The Kier molecular flexibility index (Phi) is 5.50. The highest BCUT2D eigenvalue weighted by Crippen LogP contribution is 2.25. The largest absolute Gasteiger partial charge is 0.310 e. The Morgan fingerprint density at radius 1 is 1.30 bits per heavy atom. The fourth-order valence-electron chi connectivity index (χ4n) is 2.16.